The molecule has 4 heteroatoms. The van der Waals surface area contributed by atoms with Crippen LogP contribution in [0.4, 0.5) is 5.69 Å². The number of rotatable bonds is 5. The van der Waals surface area contributed by atoms with Gasteiger partial charge in [0.05, 0.1) is 10.7 Å². The van der Waals surface area contributed by atoms with E-state index in [-0.39, 0.29) is 0 Å². The summed E-state index contributed by atoms with van der Waals surface area (Å²) >= 11 is 6.51. The van der Waals surface area contributed by atoms with Crippen LogP contribution in [0, 0.1) is 5.92 Å². The average Bonchev–Trinajstić information content (AvgIpc) is 2.42. The molecule has 1 aliphatic rings. The summed E-state index contributed by atoms with van der Waals surface area (Å²) in [5.74, 6) is 0.673. The molecule has 1 N–H and O–H groups in total. The summed E-state index contributed by atoms with van der Waals surface area (Å²) in [6.45, 7) is 11.8. The normalized spacial score (nSPS) is 20.3. The van der Waals surface area contributed by atoms with Crippen LogP contribution >= 0.6 is 11.6 Å². The number of nitrogens with zero attached hydrogens (tertiary/aromatic N) is 2. The van der Waals surface area contributed by atoms with Crippen molar-refractivity contribution in [2.45, 2.75) is 33.4 Å². The van der Waals surface area contributed by atoms with Crippen LogP contribution in [0.25, 0.3) is 0 Å². The van der Waals surface area contributed by atoms with Crippen LogP contribution in [-0.4, -0.2) is 44.2 Å². The Labute approximate surface area is 134 Å². The highest BCUT2D eigenvalue weighted by Gasteiger charge is 2.22. The van der Waals surface area contributed by atoms with E-state index < -0.39 is 0 Å². The standard InChI is InChI=1S/C17H28ClN3/c1-13(2)10-19-11-15-5-6-17(16(18)9-15)21-8-7-20(4)14(3)12-21/h5-6,9,13-14,19H,7-8,10-12H2,1-4H3. The quantitative estimate of drug-likeness (QED) is 0.901. The number of anilines is 1. The Morgan fingerprint density at radius 2 is 2.10 bits per heavy atom. The van der Waals surface area contributed by atoms with Gasteiger partial charge in [-0.25, -0.2) is 0 Å². The van der Waals surface area contributed by atoms with E-state index in [1.165, 1.54) is 11.3 Å². The summed E-state index contributed by atoms with van der Waals surface area (Å²) in [5.41, 5.74) is 2.43. The first kappa shape index (κ1) is 16.6. The fourth-order valence-corrected chi connectivity index (χ4v) is 3.01. The largest absolute Gasteiger partial charge is 0.367 e. The zero-order valence-corrected chi connectivity index (χ0v) is 14.5. The van der Waals surface area contributed by atoms with E-state index in [4.69, 9.17) is 11.6 Å². The third-order valence-corrected chi connectivity index (χ3v) is 4.50. The Kier molecular flexibility index (Phi) is 5.91. The molecule has 0 aliphatic carbocycles. The number of benzene rings is 1. The fraction of sp³-hybridized carbons (Fsp3) is 0.647. The highest BCUT2D eigenvalue weighted by molar-refractivity contribution is 6.33. The number of hydrogen-bond donors (Lipinski definition) is 1. The van der Waals surface area contributed by atoms with Gasteiger partial charge in [-0.3, -0.25) is 0 Å². The predicted molar refractivity (Wildman–Crippen MR) is 92.3 cm³/mol. The molecule has 0 bridgehead atoms. The summed E-state index contributed by atoms with van der Waals surface area (Å²) in [6.07, 6.45) is 0. The lowest BCUT2D eigenvalue weighted by Gasteiger charge is -2.39. The third kappa shape index (κ3) is 4.60. The Balaban J connectivity index is 1.99. The van der Waals surface area contributed by atoms with E-state index in [2.05, 4.69) is 61.1 Å². The van der Waals surface area contributed by atoms with E-state index in [9.17, 15) is 0 Å². The van der Waals surface area contributed by atoms with Crippen LogP contribution in [0.3, 0.4) is 0 Å². The van der Waals surface area contributed by atoms with Gasteiger partial charge in [0.1, 0.15) is 0 Å². The minimum absolute atomic E-state index is 0.571. The topological polar surface area (TPSA) is 18.5 Å². The molecule has 118 valence electrons. The zero-order valence-electron chi connectivity index (χ0n) is 13.7. The fourth-order valence-electron chi connectivity index (χ4n) is 2.69. The summed E-state index contributed by atoms with van der Waals surface area (Å²) in [4.78, 5) is 4.80. The van der Waals surface area contributed by atoms with Crippen molar-refractivity contribution < 1.29 is 0 Å². The molecule has 1 aromatic rings. The number of hydrogen-bond acceptors (Lipinski definition) is 3. The Morgan fingerprint density at radius 1 is 1.33 bits per heavy atom. The molecule has 1 heterocycles. The molecule has 1 atom stereocenters. The first-order chi connectivity index (χ1) is 9.97. The summed E-state index contributed by atoms with van der Waals surface area (Å²) < 4.78 is 0. The number of piperazine rings is 1. The van der Waals surface area contributed by atoms with Gasteiger partial charge in [0.25, 0.3) is 0 Å². The maximum absolute atomic E-state index is 6.51. The monoisotopic (exact) mass is 309 g/mol. The SMILES string of the molecule is CC(C)CNCc1ccc(N2CCN(C)C(C)C2)c(Cl)c1. The molecular formula is C17H28ClN3. The van der Waals surface area contributed by atoms with Crippen LogP contribution in [-0.2, 0) is 6.54 Å². The van der Waals surface area contributed by atoms with Gasteiger partial charge in [0.15, 0.2) is 0 Å². The molecule has 3 nitrogen and oxygen atoms in total. The third-order valence-electron chi connectivity index (χ3n) is 4.19. The minimum Gasteiger partial charge on any atom is -0.367 e. The van der Waals surface area contributed by atoms with Crippen molar-refractivity contribution in [1.82, 2.24) is 10.2 Å². The van der Waals surface area contributed by atoms with Gasteiger partial charge < -0.3 is 15.1 Å². The Hall–Kier alpha value is -0.770. The van der Waals surface area contributed by atoms with E-state index in [1.807, 2.05) is 0 Å². The van der Waals surface area contributed by atoms with Crippen molar-refractivity contribution in [3.63, 3.8) is 0 Å². The van der Waals surface area contributed by atoms with Gasteiger partial charge in [-0.05, 0) is 44.1 Å². The van der Waals surface area contributed by atoms with Crippen LogP contribution in [0.15, 0.2) is 18.2 Å². The predicted octanol–water partition coefficient (Wildman–Crippen LogP) is 3.23. The van der Waals surface area contributed by atoms with Gasteiger partial charge in [0.2, 0.25) is 0 Å². The molecule has 21 heavy (non-hydrogen) atoms. The molecule has 1 saturated heterocycles. The first-order valence-corrected chi connectivity index (χ1v) is 8.29. The summed E-state index contributed by atoms with van der Waals surface area (Å²) in [7, 11) is 2.19. The van der Waals surface area contributed by atoms with Gasteiger partial charge in [0, 0.05) is 32.2 Å². The molecule has 0 aromatic heterocycles. The van der Waals surface area contributed by atoms with Crippen molar-refractivity contribution >= 4 is 17.3 Å². The van der Waals surface area contributed by atoms with Crippen LogP contribution in [0.2, 0.25) is 5.02 Å². The van der Waals surface area contributed by atoms with Crippen molar-refractivity contribution in [3.8, 4) is 0 Å². The maximum Gasteiger partial charge on any atom is 0.0642 e. The van der Waals surface area contributed by atoms with E-state index in [1.54, 1.807) is 0 Å². The Bertz CT molecular complexity index is 461. The molecule has 1 unspecified atom stereocenters. The average molecular weight is 310 g/mol. The molecule has 0 spiro atoms. The van der Waals surface area contributed by atoms with Crippen molar-refractivity contribution in [1.29, 1.82) is 0 Å². The van der Waals surface area contributed by atoms with Crippen molar-refractivity contribution in [2.75, 3.05) is 38.1 Å². The summed E-state index contributed by atoms with van der Waals surface area (Å²) in [5, 5.41) is 4.33. The van der Waals surface area contributed by atoms with Crippen LogP contribution in [0.5, 0.6) is 0 Å². The second kappa shape index (κ2) is 7.48. The highest BCUT2D eigenvalue weighted by Crippen LogP contribution is 2.28. The lowest BCUT2D eigenvalue weighted by atomic mass is 10.1. The second-order valence-corrected chi connectivity index (χ2v) is 6.99. The molecule has 0 amide bonds. The van der Waals surface area contributed by atoms with Gasteiger partial charge in [-0.2, -0.15) is 0 Å². The molecule has 0 radical (unpaired) electrons. The van der Waals surface area contributed by atoms with E-state index >= 15 is 0 Å². The zero-order chi connectivity index (χ0) is 15.4. The van der Waals surface area contributed by atoms with Gasteiger partial charge in [-0.1, -0.05) is 31.5 Å². The molecule has 2 rings (SSSR count). The molecule has 0 saturated carbocycles. The van der Waals surface area contributed by atoms with Gasteiger partial charge >= 0.3 is 0 Å². The van der Waals surface area contributed by atoms with E-state index in [0.29, 0.717) is 12.0 Å². The number of nitrogens with one attached hydrogen (secondary N) is 1. The van der Waals surface area contributed by atoms with E-state index in [0.717, 1.165) is 37.7 Å². The molecule has 1 aromatic carbocycles. The van der Waals surface area contributed by atoms with Crippen molar-refractivity contribution in [2.24, 2.45) is 5.92 Å². The first-order valence-electron chi connectivity index (χ1n) is 7.91. The smallest absolute Gasteiger partial charge is 0.0642 e. The lowest BCUT2D eigenvalue weighted by Crippen LogP contribution is -2.50. The molecular weight excluding hydrogens is 282 g/mol. The Morgan fingerprint density at radius 3 is 2.71 bits per heavy atom. The lowest BCUT2D eigenvalue weighted by molar-refractivity contribution is 0.234. The second-order valence-electron chi connectivity index (χ2n) is 6.59. The number of likely N-dealkylation sites (N-methyl/N-ethyl adjacent to an activating group) is 1. The van der Waals surface area contributed by atoms with Crippen LogP contribution in [0.1, 0.15) is 26.3 Å². The van der Waals surface area contributed by atoms with Crippen LogP contribution < -0.4 is 10.2 Å². The molecule has 1 fully saturated rings. The molecule has 1 aliphatic heterocycles. The highest BCUT2D eigenvalue weighted by atomic mass is 35.5. The van der Waals surface area contributed by atoms with Gasteiger partial charge in [-0.15, -0.1) is 0 Å². The summed E-state index contributed by atoms with van der Waals surface area (Å²) in [6, 6.07) is 7.04. The van der Waals surface area contributed by atoms with Crippen molar-refractivity contribution in [3.05, 3.63) is 28.8 Å². The maximum atomic E-state index is 6.51. The number of halogens is 1. The minimum atomic E-state index is 0.571.